The van der Waals surface area contributed by atoms with Crippen LogP contribution >= 0.6 is 0 Å². The van der Waals surface area contributed by atoms with Crippen molar-refractivity contribution in [1.29, 1.82) is 0 Å². The molecule has 0 spiro atoms. The molecule has 1 aromatic heterocycles. The molecule has 1 aliphatic heterocycles. The third-order valence-electron chi connectivity index (χ3n) is 4.42. The summed E-state index contributed by atoms with van der Waals surface area (Å²) < 4.78 is 27.2. The van der Waals surface area contributed by atoms with Crippen molar-refractivity contribution in [2.45, 2.75) is 31.2 Å². The van der Waals surface area contributed by atoms with Crippen molar-refractivity contribution in [3.05, 3.63) is 18.3 Å². The van der Waals surface area contributed by atoms with Crippen molar-refractivity contribution in [2.24, 2.45) is 11.8 Å². The van der Waals surface area contributed by atoms with Crippen LogP contribution in [-0.4, -0.2) is 37.3 Å². The number of anilines is 1. The number of rotatable bonds is 4. The highest BCUT2D eigenvalue weighted by Gasteiger charge is 2.42. The summed E-state index contributed by atoms with van der Waals surface area (Å²) in [5.74, 6) is 1.10. The maximum Gasteiger partial charge on any atom is 0.262 e. The zero-order chi connectivity index (χ0) is 14.2. The quantitative estimate of drug-likeness (QED) is 0.922. The first-order chi connectivity index (χ1) is 9.63. The first-order valence-corrected chi connectivity index (χ1v) is 8.76. The average molecular weight is 295 g/mol. The first-order valence-electron chi connectivity index (χ1n) is 7.32. The summed E-state index contributed by atoms with van der Waals surface area (Å²) in [7, 11) is -3.47. The molecule has 5 nitrogen and oxygen atoms in total. The molecule has 6 heteroatoms. The Morgan fingerprint density at radius 2 is 2.05 bits per heavy atom. The third kappa shape index (κ3) is 2.31. The van der Waals surface area contributed by atoms with Gasteiger partial charge in [-0.05, 0) is 43.7 Å². The summed E-state index contributed by atoms with van der Waals surface area (Å²) in [6, 6.07) is 3.54. The fraction of sp³-hybridized carbons (Fsp3) is 0.643. The summed E-state index contributed by atoms with van der Waals surface area (Å²) in [5.41, 5.74) is 0.604. The first kappa shape index (κ1) is 13.8. The topological polar surface area (TPSA) is 62.3 Å². The van der Waals surface area contributed by atoms with Gasteiger partial charge in [0.05, 0.1) is 5.69 Å². The van der Waals surface area contributed by atoms with Crippen LogP contribution in [0.3, 0.4) is 0 Å². The van der Waals surface area contributed by atoms with Crippen LogP contribution in [0, 0.1) is 11.8 Å². The largest absolute Gasteiger partial charge is 0.383 e. The highest BCUT2D eigenvalue weighted by Crippen LogP contribution is 2.40. The van der Waals surface area contributed by atoms with Gasteiger partial charge < -0.3 is 5.32 Å². The Morgan fingerprint density at radius 1 is 1.35 bits per heavy atom. The Balaban J connectivity index is 1.89. The second kappa shape index (κ2) is 5.33. The van der Waals surface area contributed by atoms with E-state index in [4.69, 9.17) is 0 Å². The lowest BCUT2D eigenvalue weighted by atomic mass is 10.0. The molecule has 1 aromatic rings. The fourth-order valence-corrected chi connectivity index (χ4v) is 5.06. The van der Waals surface area contributed by atoms with E-state index in [0.717, 1.165) is 0 Å². The minimum absolute atomic E-state index is 0.168. The van der Waals surface area contributed by atoms with Crippen molar-refractivity contribution in [3.8, 4) is 0 Å². The number of aromatic nitrogens is 1. The molecule has 1 saturated heterocycles. The second-order valence-electron chi connectivity index (χ2n) is 5.66. The van der Waals surface area contributed by atoms with E-state index in [-0.39, 0.29) is 5.03 Å². The highest BCUT2D eigenvalue weighted by atomic mass is 32.2. The lowest BCUT2D eigenvalue weighted by Crippen LogP contribution is -2.31. The smallest absolute Gasteiger partial charge is 0.262 e. The van der Waals surface area contributed by atoms with E-state index in [0.29, 0.717) is 37.2 Å². The van der Waals surface area contributed by atoms with Gasteiger partial charge in [0.25, 0.3) is 10.0 Å². The van der Waals surface area contributed by atoms with Crippen LogP contribution in [-0.2, 0) is 10.0 Å². The lowest BCUT2D eigenvalue weighted by molar-refractivity contribution is 0.443. The summed E-state index contributed by atoms with van der Waals surface area (Å²) in [6.07, 6.45) is 5.12. The zero-order valence-electron chi connectivity index (χ0n) is 11.7. The molecule has 2 aliphatic rings. The average Bonchev–Trinajstić information content (AvgIpc) is 3.00. The third-order valence-corrected chi connectivity index (χ3v) is 6.21. The van der Waals surface area contributed by atoms with E-state index >= 15 is 0 Å². The molecule has 2 heterocycles. The van der Waals surface area contributed by atoms with E-state index in [2.05, 4.69) is 10.3 Å². The van der Waals surface area contributed by atoms with Crippen LogP contribution in [0.15, 0.2) is 23.4 Å². The van der Waals surface area contributed by atoms with Gasteiger partial charge in [-0.25, -0.2) is 13.4 Å². The van der Waals surface area contributed by atoms with E-state index in [1.807, 2.05) is 6.92 Å². The van der Waals surface area contributed by atoms with Gasteiger partial charge in [0.1, 0.15) is 0 Å². The molecule has 0 radical (unpaired) electrons. The SMILES string of the molecule is CCNc1cccnc1S(=O)(=O)N1CC2CCCC2C1. The Morgan fingerprint density at radius 3 is 2.70 bits per heavy atom. The van der Waals surface area contributed by atoms with Gasteiger partial charge in [-0.1, -0.05) is 6.42 Å². The van der Waals surface area contributed by atoms with Crippen molar-refractivity contribution >= 4 is 15.7 Å². The standard InChI is InChI=1S/C14H21N3O2S/c1-2-15-13-7-4-8-16-14(13)20(18,19)17-9-11-5-3-6-12(11)10-17/h4,7-8,11-12,15H,2-3,5-6,9-10H2,1H3. The number of sulfonamides is 1. The Hall–Kier alpha value is -1.14. The van der Waals surface area contributed by atoms with Crippen molar-refractivity contribution < 1.29 is 8.42 Å². The molecule has 20 heavy (non-hydrogen) atoms. The second-order valence-corrected chi connectivity index (χ2v) is 7.51. The summed E-state index contributed by atoms with van der Waals surface area (Å²) >= 11 is 0. The molecule has 3 rings (SSSR count). The van der Waals surface area contributed by atoms with Gasteiger partial charge >= 0.3 is 0 Å². The van der Waals surface area contributed by atoms with E-state index < -0.39 is 10.0 Å². The van der Waals surface area contributed by atoms with E-state index in [1.54, 1.807) is 22.6 Å². The van der Waals surface area contributed by atoms with Crippen LogP contribution in [0.25, 0.3) is 0 Å². The molecule has 1 aliphatic carbocycles. The van der Waals surface area contributed by atoms with E-state index in [1.165, 1.54) is 19.3 Å². The van der Waals surface area contributed by atoms with Crippen LogP contribution in [0.1, 0.15) is 26.2 Å². The van der Waals surface area contributed by atoms with Crippen LogP contribution < -0.4 is 5.32 Å². The fourth-order valence-electron chi connectivity index (χ4n) is 3.43. The van der Waals surface area contributed by atoms with Gasteiger partial charge in [-0.15, -0.1) is 0 Å². The molecule has 2 fully saturated rings. The summed E-state index contributed by atoms with van der Waals surface area (Å²) in [4.78, 5) is 4.12. The normalized spacial score (nSPS) is 26.6. The number of pyridine rings is 1. The van der Waals surface area contributed by atoms with Gasteiger partial charge in [0, 0.05) is 25.8 Å². The molecule has 1 N–H and O–H groups in total. The van der Waals surface area contributed by atoms with Crippen LogP contribution in [0.2, 0.25) is 0 Å². The van der Waals surface area contributed by atoms with Gasteiger partial charge in [-0.2, -0.15) is 4.31 Å². The molecule has 1 saturated carbocycles. The minimum atomic E-state index is -3.47. The van der Waals surface area contributed by atoms with Crippen LogP contribution in [0.4, 0.5) is 5.69 Å². The van der Waals surface area contributed by atoms with Crippen molar-refractivity contribution in [3.63, 3.8) is 0 Å². The summed E-state index contributed by atoms with van der Waals surface area (Å²) in [5, 5.41) is 3.26. The van der Waals surface area contributed by atoms with Gasteiger partial charge in [0.15, 0.2) is 5.03 Å². The molecular weight excluding hydrogens is 274 g/mol. The molecular formula is C14H21N3O2S. The predicted octanol–water partition coefficient (Wildman–Crippen LogP) is 1.93. The maximum absolute atomic E-state index is 12.8. The molecule has 110 valence electrons. The number of fused-ring (bicyclic) bond motifs is 1. The number of nitrogens with one attached hydrogen (secondary N) is 1. The number of nitrogens with zero attached hydrogens (tertiary/aromatic N) is 2. The molecule has 0 amide bonds. The highest BCUT2D eigenvalue weighted by molar-refractivity contribution is 7.89. The number of hydrogen-bond acceptors (Lipinski definition) is 4. The molecule has 0 bridgehead atoms. The molecule has 2 atom stereocenters. The maximum atomic E-state index is 12.8. The minimum Gasteiger partial charge on any atom is -0.383 e. The van der Waals surface area contributed by atoms with Gasteiger partial charge in [0.2, 0.25) is 0 Å². The zero-order valence-corrected chi connectivity index (χ0v) is 12.6. The molecule has 0 aromatic carbocycles. The lowest BCUT2D eigenvalue weighted by Gasteiger charge is -2.18. The van der Waals surface area contributed by atoms with Gasteiger partial charge in [-0.3, -0.25) is 0 Å². The van der Waals surface area contributed by atoms with Crippen LogP contribution in [0.5, 0.6) is 0 Å². The molecule has 2 unspecified atom stereocenters. The Kier molecular flexibility index (Phi) is 3.69. The van der Waals surface area contributed by atoms with E-state index in [9.17, 15) is 8.42 Å². The Labute approximate surface area is 120 Å². The monoisotopic (exact) mass is 295 g/mol. The van der Waals surface area contributed by atoms with Crippen molar-refractivity contribution in [1.82, 2.24) is 9.29 Å². The predicted molar refractivity (Wildman–Crippen MR) is 78.0 cm³/mol. The summed E-state index contributed by atoms with van der Waals surface area (Å²) in [6.45, 7) is 3.95. The number of hydrogen-bond donors (Lipinski definition) is 1. The Bertz CT molecular complexity index is 576. The van der Waals surface area contributed by atoms with Crippen molar-refractivity contribution in [2.75, 3.05) is 25.0 Å².